The van der Waals surface area contributed by atoms with Gasteiger partial charge in [-0.3, -0.25) is 4.79 Å². The van der Waals surface area contributed by atoms with Crippen LogP contribution in [-0.4, -0.2) is 59.2 Å². The molecule has 3 unspecified atom stereocenters. The van der Waals surface area contributed by atoms with Crippen LogP contribution < -0.4 is 16.0 Å². The normalized spacial score (nSPS) is 23.7. The minimum atomic E-state index is -0.969. The van der Waals surface area contributed by atoms with Gasteiger partial charge in [0.2, 0.25) is 0 Å². The molecular formula is C34H51N5O3. The molecule has 42 heavy (non-hydrogen) atoms. The van der Waals surface area contributed by atoms with E-state index in [1.165, 1.54) is 19.3 Å². The second-order valence-corrected chi connectivity index (χ2v) is 14.3. The lowest BCUT2D eigenvalue weighted by molar-refractivity contribution is -0.00826. The second-order valence-electron chi connectivity index (χ2n) is 14.3. The van der Waals surface area contributed by atoms with Crippen LogP contribution in [0.2, 0.25) is 0 Å². The van der Waals surface area contributed by atoms with E-state index < -0.39 is 6.09 Å². The number of carbonyl (C=O) groups excluding carboxylic acids is 1. The number of pyridine rings is 1. The first-order chi connectivity index (χ1) is 19.8. The van der Waals surface area contributed by atoms with Crippen LogP contribution in [0.5, 0.6) is 0 Å². The molecule has 4 atom stereocenters. The average molecular weight is 578 g/mol. The number of nitrogens with one attached hydrogen (secondary N) is 3. The highest BCUT2D eigenvalue weighted by Gasteiger charge is 2.50. The van der Waals surface area contributed by atoms with Gasteiger partial charge < -0.3 is 26.0 Å². The number of aromatic nitrogens is 1. The number of carboxylic acid groups (broad SMARTS) is 1. The molecule has 8 nitrogen and oxygen atoms in total. The van der Waals surface area contributed by atoms with E-state index in [2.05, 4.69) is 62.4 Å². The summed E-state index contributed by atoms with van der Waals surface area (Å²) in [6.07, 6.45) is 4.34. The maximum Gasteiger partial charge on any atom is 0.404 e. The zero-order valence-electron chi connectivity index (χ0n) is 26.4. The monoisotopic (exact) mass is 577 g/mol. The summed E-state index contributed by atoms with van der Waals surface area (Å²) in [6.45, 7) is 17.0. The molecule has 0 spiro atoms. The third-order valence-corrected chi connectivity index (χ3v) is 9.09. The molecule has 1 saturated heterocycles. The summed E-state index contributed by atoms with van der Waals surface area (Å²) in [5, 5.41) is 19.1. The molecule has 4 N–H and O–H groups in total. The highest BCUT2D eigenvalue weighted by Crippen LogP contribution is 2.55. The fourth-order valence-electron chi connectivity index (χ4n) is 7.38. The van der Waals surface area contributed by atoms with Crippen molar-refractivity contribution in [2.24, 2.45) is 22.7 Å². The number of likely N-dealkylation sites (tertiary alicyclic amines) is 1. The van der Waals surface area contributed by atoms with E-state index in [0.29, 0.717) is 17.9 Å². The topological polar surface area (TPSA) is 107 Å². The van der Waals surface area contributed by atoms with Gasteiger partial charge in [-0.05, 0) is 85.7 Å². The standard InChI is InChI=1S/C34H51N5O3/c1-33(2,3)28-24(15-18-27(38-32(41)42)29(28)34(4,5)6)26-17-16-25(30(37-26)36-23-13-9-7-10-14-23)31(40)35-19-22-39-20-11-8-12-21-39/h7,9-10,13-14,16-17,24,27-29,38H,8,11-12,15,18-22H2,1-6H3,(H,35,40)(H,36,37)(H,41,42)/t24-,27?,28?,29?/m1/s1. The summed E-state index contributed by atoms with van der Waals surface area (Å²) >= 11 is 0. The predicted molar refractivity (Wildman–Crippen MR) is 169 cm³/mol. The molecule has 2 amide bonds. The molecule has 1 saturated carbocycles. The van der Waals surface area contributed by atoms with E-state index in [4.69, 9.17) is 4.98 Å². The predicted octanol–water partition coefficient (Wildman–Crippen LogP) is 6.88. The van der Waals surface area contributed by atoms with Gasteiger partial charge in [-0.25, -0.2) is 9.78 Å². The van der Waals surface area contributed by atoms with Crippen LogP contribution in [0, 0.1) is 22.7 Å². The van der Waals surface area contributed by atoms with E-state index in [9.17, 15) is 14.7 Å². The fraction of sp³-hybridized carbons (Fsp3) is 0.618. The van der Waals surface area contributed by atoms with Gasteiger partial charge in [-0.15, -0.1) is 0 Å². The highest BCUT2D eigenvalue weighted by atomic mass is 16.4. The zero-order valence-corrected chi connectivity index (χ0v) is 26.4. The summed E-state index contributed by atoms with van der Waals surface area (Å²) in [6, 6.07) is 13.6. The number of hydrogen-bond donors (Lipinski definition) is 4. The lowest BCUT2D eigenvalue weighted by atomic mass is 9.53. The van der Waals surface area contributed by atoms with E-state index in [0.717, 1.165) is 43.9 Å². The first-order valence-electron chi connectivity index (χ1n) is 15.7. The smallest absolute Gasteiger partial charge is 0.404 e. The lowest BCUT2D eigenvalue weighted by Gasteiger charge is -2.53. The Morgan fingerprint density at radius 1 is 0.905 bits per heavy atom. The first kappa shape index (κ1) is 31.8. The number of rotatable bonds is 8. The van der Waals surface area contributed by atoms with Crippen LogP contribution in [0.25, 0.3) is 0 Å². The fourth-order valence-corrected chi connectivity index (χ4v) is 7.38. The van der Waals surface area contributed by atoms with Crippen molar-refractivity contribution in [2.75, 3.05) is 31.5 Å². The Morgan fingerprint density at radius 3 is 2.19 bits per heavy atom. The maximum absolute atomic E-state index is 13.5. The minimum absolute atomic E-state index is 0.0966. The number of amides is 2. The maximum atomic E-state index is 13.5. The third-order valence-electron chi connectivity index (χ3n) is 9.09. The Labute approximate surface area is 252 Å². The molecule has 4 rings (SSSR count). The lowest BCUT2D eigenvalue weighted by Crippen LogP contribution is -2.55. The van der Waals surface area contributed by atoms with E-state index in [1.54, 1.807) is 0 Å². The van der Waals surface area contributed by atoms with Gasteiger partial charge in [0.05, 0.1) is 5.56 Å². The van der Waals surface area contributed by atoms with Crippen LogP contribution in [0.4, 0.5) is 16.3 Å². The zero-order chi connectivity index (χ0) is 30.5. The molecule has 1 aliphatic heterocycles. The number of carbonyl (C=O) groups is 2. The van der Waals surface area contributed by atoms with Crippen molar-refractivity contribution in [3.05, 3.63) is 53.7 Å². The number of nitrogens with zero attached hydrogens (tertiary/aromatic N) is 2. The average Bonchev–Trinajstić information content (AvgIpc) is 2.92. The van der Waals surface area contributed by atoms with Crippen molar-refractivity contribution in [2.45, 2.75) is 85.6 Å². The van der Waals surface area contributed by atoms with Gasteiger partial charge in [-0.2, -0.15) is 0 Å². The van der Waals surface area contributed by atoms with Gasteiger partial charge in [0, 0.05) is 36.4 Å². The van der Waals surface area contributed by atoms with E-state index in [-0.39, 0.29) is 40.5 Å². The van der Waals surface area contributed by atoms with E-state index >= 15 is 0 Å². The van der Waals surface area contributed by atoms with Crippen molar-refractivity contribution in [1.82, 2.24) is 20.5 Å². The molecule has 2 aliphatic rings. The molecule has 8 heteroatoms. The molecule has 1 aliphatic carbocycles. The Kier molecular flexibility index (Phi) is 10.2. The van der Waals surface area contributed by atoms with Crippen molar-refractivity contribution in [3.63, 3.8) is 0 Å². The summed E-state index contributed by atoms with van der Waals surface area (Å²) in [4.78, 5) is 32.8. The van der Waals surface area contributed by atoms with Crippen LogP contribution in [0.1, 0.15) is 95.6 Å². The van der Waals surface area contributed by atoms with Gasteiger partial charge >= 0.3 is 6.09 Å². The summed E-state index contributed by atoms with van der Waals surface area (Å²) in [5.41, 5.74) is 2.13. The van der Waals surface area contributed by atoms with Crippen molar-refractivity contribution >= 4 is 23.5 Å². The van der Waals surface area contributed by atoms with Crippen LogP contribution in [-0.2, 0) is 0 Å². The Hall–Kier alpha value is -3.13. The molecule has 2 aromatic rings. The Bertz CT molecular complexity index is 1200. The highest BCUT2D eigenvalue weighted by molar-refractivity contribution is 5.99. The molecule has 1 aromatic carbocycles. The summed E-state index contributed by atoms with van der Waals surface area (Å²) in [5.74, 6) is 0.828. The molecular weight excluding hydrogens is 526 g/mol. The van der Waals surface area contributed by atoms with Gasteiger partial charge in [0.25, 0.3) is 5.91 Å². The summed E-state index contributed by atoms with van der Waals surface area (Å²) in [7, 11) is 0. The molecule has 2 fully saturated rings. The van der Waals surface area contributed by atoms with Crippen LogP contribution >= 0.6 is 0 Å². The number of para-hydroxylation sites is 1. The van der Waals surface area contributed by atoms with Gasteiger partial charge in [0.1, 0.15) is 5.82 Å². The molecule has 230 valence electrons. The molecule has 2 heterocycles. The number of piperidine rings is 1. The first-order valence-corrected chi connectivity index (χ1v) is 15.7. The Balaban J connectivity index is 1.66. The van der Waals surface area contributed by atoms with E-state index in [1.807, 2.05) is 42.5 Å². The molecule has 0 bridgehead atoms. The minimum Gasteiger partial charge on any atom is -0.465 e. The quantitative estimate of drug-likeness (QED) is 0.273. The number of anilines is 2. The van der Waals surface area contributed by atoms with Gasteiger partial charge in [-0.1, -0.05) is 66.2 Å². The van der Waals surface area contributed by atoms with Crippen molar-refractivity contribution < 1.29 is 14.7 Å². The number of benzene rings is 1. The number of hydrogen-bond acceptors (Lipinski definition) is 5. The SMILES string of the molecule is CC(C)(C)C1C(NC(=O)O)CC[C@H](c2ccc(C(=O)NCCN3CCCCC3)c(Nc3ccccc3)n2)C1C(C)(C)C. The van der Waals surface area contributed by atoms with Gasteiger partial charge in [0.15, 0.2) is 0 Å². The summed E-state index contributed by atoms with van der Waals surface area (Å²) < 4.78 is 0. The molecule has 0 radical (unpaired) electrons. The largest absolute Gasteiger partial charge is 0.465 e. The van der Waals surface area contributed by atoms with Crippen LogP contribution in [0.15, 0.2) is 42.5 Å². The van der Waals surface area contributed by atoms with Crippen LogP contribution in [0.3, 0.4) is 0 Å². The molecule has 1 aromatic heterocycles. The van der Waals surface area contributed by atoms with Crippen molar-refractivity contribution in [3.8, 4) is 0 Å². The third kappa shape index (κ3) is 8.03. The second kappa shape index (κ2) is 13.4. The Morgan fingerprint density at radius 2 is 1.57 bits per heavy atom. The van der Waals surface area contributed by atoms with Crippen molar-refractivity contribution in [1.29, 1.82) is 0 Å².